The topological polar surface area (TPSA) is 120 Å². The summed E-state index contributed by atoms with van der Waals surface area (Å²) in [5.74, 6) is -5.64. The van der Waals surface area contributed by atoms with Gasteiger partial charge in [0.15, 0.2) is 6.61 Å². The molecule has 1 aliphatic heterocycles. The minimum atomic E-state index is -1.47. The van der Waals surface area contributed by atoms with Gasteiger partial charge >= 0.3 is 17.9 Å². The highest BCUT2D eigenvalue weighted by atomic mass is 79.9. The molecule has 9 nitrogen and oxygen atoms in total. The van der Waals surface area contributed by atoms with E-state index in [9.17, 15) is 23.6 Å². The second-order valence-electron chi connectivity index (χ2n) is 6.86. The van der Waals surface area contributed by atoms with E-state index >= 15 is 0 Å². The Bertz CT molecular complexity index is 996. The summed E-state index contributed by atoms with van der Waals surface area (Å²) in [6, 6.07) is 4.02. The first-order chi connectivity index (χ1) is 15.6. The minimum absolute atomic E-state index is 0.0377. The van der Waals surface area contributed by atoms with E-state index in [1.54, 1.807) is 27.7 Å². The number of amides is 1. The molecular formula is C22H24BrFN2O7. The molecule has 2 N–H and O–H groups in total. The zero-order chi connectivity index (χ0) is 24.7. The van der Waals surface area contributed by atoms with Gasteiger partial charge in [-0.3, -0.25) is 9.59 Å². The molecule has 2 rings (SSSR count). The molecule has 33 heavy (non-hydrogen) atoms. The van der Waals surface area contributed by atoms with Gasteiger partial charge in [0.2, 0.25) is 0 Å². The number of carbonyl (C=O) groups excluding carboxylic acids is 4. The van der Waals surface area contributed by atoms with E-state index in [-0.39, 0.29) is 30.0 Å². The van der Waals surface area contributed by atoms with Crippen LogP contribution in [0.1, 0.15) is 27.7 Å². The van der Waals surface area contributed by atoms with Gasteiger partial charge in [0.25, 0.3) is 5.91 Å². The van der Waals surface area contributed by atoms with Gasteiger partial charge < -0.3 is 24.8 Å². The van der Waals surface area contributed by atoms with Crippen LogP contribution in [0, 0.1) is 11.7 Å². The van der Waals surface area contributed by atoms with Crippen molar-refractivity contribution in [2.45, 2.75) is 27.7 Å². The molecule has 178 valence electrons. The maximum absolute atomic E-state index is 13.9. The van der Waals surface area contributed by atoms with Crippen LogP contribution in [0.15, 0.2) is 45.2 Å². The first-order valence-electron chi connectivity index (χ1n) is 10.0. The second kappa shape index (κ2) is 11.6. The molecule has 11 heteroatoms. The molecule has 0 spiro atoms. The van der Waals surface area contributed by atoms with E-state index in [2.05, 4.69) is 26.6 Å². The Kier molecular flexibility index (Phi) is 9.15. The first kappa shape index (κ1) is 26.0. The highest BCUT2D eigenvalue weighted by Crippen LogP contribution is 2.32. The third kappa shape index (κ3) is 6.41. The zero-order valence-electron chi connectivity index (χ0n) is 18.5. The van der Waals surface area contributed by atoms with Crippen LogP contribution in [0.5, 0.6) is 0 Å². The number of allylic oxidation sites excluding steroid dienone is 2. The third-order valence-electron chi connectivity index (χ3n) is 4.54. The summed E-state index contributed by atoms with van der Waals surface area (Å²) >= 11 is 3.11. The van der Waals surface area contributed by atoms with Crippen LogP contribution in [0.25, 0.3) is 0 Å². The predicted molar refractivity (Wildman–Crippen MR) is 119 cm³/mol. The summed E-state index contributed by atoms with van der Waals surface area (Å²) in [5.41, 5.74) is 0.224. The number of rotatable bonds is 8. The van der Waals surface area contributed by atoms with Gasteiger partial charge in [0.1, 0.15) is 11.7 Å². The van der Waals surface area contributed by atoms with Crippen LogP contribution < -0.4 is 10.6 Å². The molecular weight excluding hydrogens is 503 g/mol. The SMILES string of the molecule is CCOC(=O)C1=C(C)NC(C)=C(C(=O)OCC)C1C(=O)OCC(=O)Nc1ccc(Br)cc1F. The average molecular weight is 527 g/mol. The monoisotopic (exact) mass is 526 g/mol. The van der Waals surface area contributed by atoms with E-state index in [1.165, 1.54) is 12.1 Å². The summed E-state index contributed by atoms with van der Waals surface area (Å²) < 4.78 is 29.6. The molecule has 0 aliphatic carbocycles. The number of anilines is 1. The van der Waals surface area contributed by atoms with E-state index in [1.807, 2.05) is 0 Å². The fraction of sp³-hybridized carbons (Fsp3) is 0.364. The Balaban J connectivity index is 2.26. The van der Waals surface area contributed by atoms with Crippen LogP contribution in [0.2, 0.25) is 0 Å². The van der Waals surface area contributed by atoms with Gasteiger partial charge in [-0.1, -0.05) is 15.9 Å². The number of nitrogens with one attached hydrogen (secondary N) is 2. The van der Waals surface area contributed by atoms with Gasteiger partial charge in [0, 0.05) is 15.9 Å². The van der Waals surface area contributed by atoms with Crippen molar-refractivity contribution in [3.8, 4) is 0 Å². The number of hydrogen-bond donors (Lipinski definition) is 2. The Morgan fingerprint density at radius 3 is 2.03 bits per heavy atom. The molecule has 0 saturated heterocycles. The van der Waals surface area contributed by atoms with Crippen molar-refractivity contribution in [1.29, 1.82) is 0 Å². The molecule has 1 amide bonds. The predicted octanol–water partition coefficient (Wildman–Crippen LogP) is 2.96. The second-order valence-corrected chi connectivity index (χ2v) is 7.77. The minimum Gasteiger partial charge on any atom is -0.463 e. The van der Waals surface area contributed by atoms with Gasteiger partial charge in [-0.15, -0.1) is 0 Å². The Labute approximate surface area is 198 Å². The number of hydrogen-bond acceptors (Lipinski definition) is 8. The number of benzene rings is 1. The van der Waals surface area contributed by atoms with E-state index in [4.69, 9.17) is 14.2 Å². The van der Waals surface area contributed by atoms with Crippen LogP contribution in [0.4, 0.5) is 10.1 Å². The molecule has 0 aromatic heterocycles. The molecule has 0 bridgehead atoms. The van der Waals surface area contributed by atoms with Gasteiger partial charge in [-0.25, -0.2) is 14.0 Å². The van der Waals surface area contributed by atoms with Crippen molar-refractivity contribution in [1.82, 2.24) is 5.32 Å². The van der Waals surface area contributed by atoms with E-state index in [0.717, 1.165) is 6.07 Å². The number of esters is 3. The summed E-state index contributed by atoms with van der Waals surface area (Å²) in [6.07, 6.45) is 0. The molecule has 0 unspecified atom stereocenters. The lowest BCUT2D eigenvalue weighted by molar-refractivity contribution is -0.153. The van der Waals surface area contributed by atoms with E-state index < -0.39 is 42.2 Å². The van der Waals surface area contributed by atoms with Crippen molar-refractivity contribution in [3.63, 3.8) is 0 Å². The highest BCUT2D eigenvalue weighted by molar-refractivity contribution is 9.10. The highest BCUT2D eigenvalue weighted by Gasteiger charge is 2.42. The summed E-state index contributed by atoms with van der Waals surface area (Å²) in [5, 5.41) is 5.17. The van der Waals surface area contributed by atoms with Gasteiger partial charge in [0.05, 0.1) is 30.0 Å². The molecule has 0 saturated carbocycles. The Morgan fingerprint density at radius 2 is 1.55 bits per heavy atom. The Hall–Kier alpha value is -3.21. The standard InChI is InChI=1S/C22H24BrFN2O7/c1-5-31-20(28)17-11(3)25-12(4)18(21(29)32-6-2)19(17)22(30)33-10-16(27)26-15-8-7-13(23)9-14(15)24/h7-9,19,25H,5-6,10H2,1-4H3,(H,26,27). The molecule has 1 aromatic carbocycles. The van der Waals surface area contributed by atoms with Crippen LogP contribution in [-0.2, 0) is 33.4 Å². The van der Waals surface area contributed by atoms with Crippen LogP contribution in [-0.4, -0.2) is 43.6 Å². The van der Waals surface area contributed by atoms with Crippen molar-refractivity contribution < 1.29 is 37.8 Å². The smallest absolute Gasteiger partial charge is 0.337 e. The van der Waals surface area contributed by atoms with Crippen LogP contribution in [0.3, 0.4) is 0 Å². The molecule has 0 atom stereocenters. The Morgan fingerprint density at radius 1 is 1.00 bits per heavy atom. The van der Waals surface area contributed by atoms with Crippen molar-refractivity contribution >= 4 is 45.4 Å². The summed E-state index contributed by atoms with van der Waals surface area (Å²) in [4.78, 5) is 50.4. The number of ether oxygens (including phenoxy) is 3. The quantitative estimate of drug-likeness (QED) is 0.391. The fourth-order valence-corrected chi connectivity index (χ4v) is 3.52. The largest absolute Gasteiger partial charge is 0.463 e. The van der Waals surface area contributed by atoms with Crippen molar-refractivity contribution in [2.75, 3.05) is 25.1 Å². The third-order valence-corrected chi connectivity index (χ3v) is 5.03. The molecule has 0 fully saturated rings. The summed E-state index contributed by atoms with van der Waals surface area (Å²) in [7, 11) is 0. The number of dihydropyridines is 1. The lowest BCUT2D eigenvalue weighted by Gasteiger charge is -2.28. The lowest BCUT2D eigenvalue weighted by atomic mass is 9.85. The van der Waals surface area contributed by atoms with Crippen molar-refractivity contribution in [3.05, 3.63) is 51.0 Å². The van der Waals surface area contributed by atoms with Crippen molar-refractivity contribution in [2.24, 2.45) is 5.92 Å². The van der Waals surface area contributed by atoms with E-state index in [0.29, 0.717) is 15.9 Å². The lowest BCUT2D eigenvalue weighted by Crippen LogP contribution is -2.39. The molecule has 0 radical (unpaired) electrons. The molecule has 1 aliphatic rings. The van der Waals surface area contributed by atoms with Gasteiger partial charge in [-0.05, 0) is 45.9 Å². The number of halogens is 2. The molecule has 1 aromatic rings. The first-order valence-corrected chi connectivity index (χ1v) is 10.8. The normalized spacial score (nSPS) is 13.9. The zero-order valence-corrected chi connectivity index (χ0v) is 20.1. The van der Waals surface area contributed by atoms with Crippen LogP contribution >= 0.6 is 15.9 Å². The maximum Gasteiger partial charge on any atom is 0.337 e. The summed E-state index contributed by atoms with van der Waals surface area (Å²) in [6.45, 7) is 5.57. The number of carbonyl (C=O) groups is 4. The maximum atomic E-state index is 13.9. The fourth-order valence-electron chi connectivity index (χ4n) is 3.19. The average Bonchev–Trinajstić information content (AvgIpc) is 2.73. The van der Waals surface area contributed by atoms with Gasteiger partial charge in [-0.2, -0.15) is 0 Å². The molecule has 1 heterocycles.